The Morgan fingerprint density at radius 3 is 2.10 bits per heavy atom. The van der Waals surface area contributed by atoms with Crippen molar-refractivity contribution < 1.29 is 0 Å². The summed E-state index contributed by atoms with van der Waals surface area (Å²) in [5, 5.41) is 3.75. The van der Waals surface area contributed by atoms with Gasteiger partial charge in [0, 0.05) is 0 Å². The van der Waals surface area contributed by atoms with E-state index < -0.39 is 0 Å². The van der Waals surface area contributed by atoms with Gasteiger partial charge in [-0.2, -0.15) is 0 Å². The minimum atomic E-state index is 0.407. The molecule has 2 fully saturated rings. The fraction of sp³-hybridized carbons (Fsp3) is 1.00. The molecule has 0 amide bonds. The maximum absolute atomic E-state index is 5.76. The van der Waals surface area contributed by atoms with Gasteiger partial charge in [0.1, 0.15) is 0 Å². The average Bonchev–Trinajstić information content (AvgIpc) is 3.25. The van der Waals surface area contributed by atoms with Gasteiger partial charge in [0.2, 0.25) is 0 Å². The molecule has 0 saturated heterocycles. The van der Waals surface area contributed by atoms with Crippen LogP contribution in [0.25, 0.3) is 0 Å². The molecule has 0 spiro atoms. The maximum atomic E-state index is 5.76. The van der Waals surface area contributed by atoms with Crippen LogP contribution in [-0.4, -0.2) is 19.6 Å². The Labute approximate surface area is 126 Å². The Morgan fingerprint density at radius 1 is 1.05 bits per heavy atom. The number of nitrogens with one attached hydrogen (secondary N) is 1. The zero-order valence-electron chi connectivity index (χ0n) is 14.0. The monoisotopic (exact) mass is 280 g/mol. The SMILES string of the molecule is CC(C)(C)C(CCN)CCCNCC(C1CC1)C1CC1. The van der Waals surface area contributed by atoms with Crippen molar-refractivity contribution in [2.75, 3.05) is 19.6 Å². The molecule has 2 nitrogen and oxygen atoms in total. The third kappa shape index (κ3) is 5.37. The summed E-state index contributed by atoms with van der Waals surface area (Å²) in [5.74, 6) is 3.94. The number of nitrogens with two attached hydrogens (primary N) is 1. The van der Waals surface area contributed by atoms with E-state index in [-0.39, 0.29) is 0 Å². The standard InChI is InChI=1S/C18H36N2/c1-18(2,3)16(10-11-19)5-4-12-20-13-17(14-6-7-14)15-8-9-15/h14-17,20H,4-13,19H2,1-3H3. The Bertz CT molecular complexity index is 262. The van der Waals surface area contributed by atoms with Crippen LogP contribution in [0.1, 0.15) is 65.7 Å². The third-order valence-corrected chi connectivity index (χ3v) is 5.48. The van der Waals surface area contributed by atoms with Gasteiger partial charge in [0.25, 0.3) is 0 Å². The van der Waals surface area contributed by atoms with E-state index in [1.807, 2.05) is 0 Å². The second-order valence-corrected chi connectivity index (χ2v) is 8.33. The van der Waals surface area contributed by atoms with Gasteiger partial charge in [0.15, 0.2) is 0 Å². The lowest BCUT2D eigenvalue weighted by Gasteiger charge is -2.30. The topological polar surface area (TPSA) is 38.0 Å². The van der Waals surface area contributed by atoms with E-state index >= 15 is 0 Å². The first-order chi connectivity index (χ1) is 9.52. The van der Waals surface area contributed by atoms with Gasteiger partial charge in [-0.15, -0.1) is 0 Å². The van der Waals surface area contributed by atoms with Crippen LogP contribution in [0.2, 0.25) is 0 Å². The molecule has 0 aromatic carbocycles. The molecule has 20 heavy (non-hydrogen) atoms. The van der Waals surface area contributed by atoms with Crippen molar-refractivity contribution in [1.82, 2.24) is 5.32 Å². The van der Waals surface area contributed by atoms with Crippen LogP contribution in [0, 0.1) is 29.1 Å². The molecule has 0 bridgehead atoms. The molecule has 3 N–H and O–H groups in total. The minimum Gasteiger partial charge on any atom is -0.330 e. The van der Waals surface area contributed by atoms with Crippen molar-refractivity contribution in [3.63, 3.8) is 0 Å². The van der Waals surface area contributed by atoms with Crippen LogP contribution in [0.5, 0.6) is 0 Å². The summed E-state index contributed by atoms with van der Waals surface area (Å²) in [6.07, 6.45) is 9.83. The van der Waals surface area contributed by atoms with Crippen LogP contribution in [0.15, 0.2) is 0 Å². The van der Waals surface area contributed by atoms with E-state index in [1.54, 1.807) is 0 Å². The van der Waals surface area contributed by atoms with Crippen molar-refractivity contribution in [2.45, 2.75) is 65.7 Å². The van der Waals surface area contributed by atoms with E-state index in [0.29, 0.717) is 5.41 Å². The highest BCUT2D eigenvalue weighted by Gasteiger charge is 2.40. The van der Waals surface area contributed by atoms with E-state index in [0.717, 1.165) is 30.2 Å². The molecule has 0 aromatic heterocycles. The summed E-state index contributed by atoms with van der Waals surface area (Å²) >= 11 is 0. The zero-order chi connectivity index (χ0) is 14.6. The molecule has 1 unspecified atom stereocenters. The van der Waals surface area contributed by atoms with Crippen LogP contribution >= 0.6 is 0 Å². The van der Waals surface area contributed by atoms with Gasteiger partial charge in [-0.05, 0) is 93.7 Å². The van der Waals surface area contributed by atoms with E-state index in [1.165, 1.54) is 58.0 Å². The number of hydrogen-bond acceptors (Lipinski definition) is 2. The largest absolute Gasteiger partial charge is 0.330 e. The van der Waals surface area contributed by atoms with Crippen molar-refractivity contribution in [3.8, 4) is 0 Å². The molecule has 2 rings (SSSR count). The summed E-state index contributed by atoms with van der Waals surface area (Å²) in [6.45, 7) is 10.4. The van der Waals surface area contributed by atoms with Crippen LogP contribution in [0.3, 0.4) is 0 Å². The molecule has 0 heterocycles. The molecular formula is C18H36N2. The normalized spacial score (nSPS) is 21.4. The summed E-state index contributed by atoms with van der Waals surface area (Å²) in [7, 11) is 0. The highest BCUT2D eigenvalue weighted by atomic mass is 14.9. The van der Waals surface area contributed by atoms with Gasteiger partial charge in [-0.25, -0.2) is 0 Å². The van der Waals surface area contributed by atoms with Gasteiger partial charge in [0.05, 0.1) is 0 Å². The maximum Gasteiger partial charge on any atom is -0.00152 e. The molecular weight excluding hydrogens is 244 g/mol. The molecule has 0 aromatic rings. The van der Waals surface area contributed by atoms with Crippen LogP contribution < -0.4 is 11.1 Å². The molecule has 2 heteroatoms. The smallest absolute Gasteiger partial charge is 0.00152 e. The third-order valence-electron chi connectivity index (χ3n) is 5.48. The first-order valence-electron chi connectivity index (χ1n) is 8.93. The second-order valence-electron chi connectivity index (χ2n) is 8.33. The van der Waals surface area contributed by atoms with Gasteiger partial charge < -0.3 is 11.1 Å². The summed E-state index contributed by atoms with van der Waals surface area (Å²) in [5.41, 5.74) is 6.17. The van der Waals surface area contributed by atoms with Crippen molar-refractivity contribution in [2.24, 2.45) is 34.8 Å². The lowest BCUT2D eigenvalue weighted by Crippen LogP contribution is -2.28. The number of rotatable bonds is 10. The first kappa shape index (κ1) is 16.3. The summed E-state index contributed by atoms with van der Waals surface area (Å²) in [6, 6.07) is 0. The fourth-order valence-electron chi connectivity index (χ4n) is 3.72. The van der Waals surface area contributed by atoms with E-state index in [4.69, 9.17) is 5.73 Å². The fourth-order valence-corrected chi connectivity index (χ4v) is 3.72. The Hall–Kier alpha value is -0.0800. The molecule has 0 radical (unpaired) electrons. The predicted octanol–water partition coefficient (Wildman–Crippen LogP) is 3.80. The molecule has 118 valence electrons. The molecule has 1 atom stereocenters. The minimum absolute atomic E-state index is 0.407. The molecule has 2 aliphatic carbocycles. The Kier molecular flexibility index (Phi) is 5.92. The van der Waals surface area contributed by atoms with E-state index in [9.17, 15) is 0 Å². The van der Waals surface area contributed by atoms with E-state index in [2.05, 4.69) is 26.1 Å². The summed E-state index contributed by atoms with van der Waals surface area (Å²) in [4.78, 5) is 0. The second kappa shape index (κ2) is 7.26. The highest BCUT2D eigenvalue weighted by molar-refractivity contribution is 4.92. The van der Waals surface area contributed by atoms with Gasteiger partial charge in [-0.3, -0.25) is 0 Å². The average molecular weight is 281 g/mol. The molecule has 0 aliphatic heterocycles. The van der Waals surface area contributed by atoms with Gasteiger partial charge >= 0.3 is 0 Å². The Morgan fingerprint density at radius 2 is 1.65 bits per heavy atom. The van der Waals surface area contributed by atoms with Crippen molar-refractivity contribution in [1.29, 1.82) is 0 Å². The summed E-state index contributed by atoms with van der Waals surface area (Å²) < 4.78 is 0. The quantitative estimate of drug-likeness (QED) is 0.597. The van der Waals surface area contributed by atoms with Crippen LogP contribution in [0.4, 0.5) is 0 Å². The molecule has 2 saturated carbocycles. The zero-order valence-corrected chi connectivity index (χ0v) is 14.0. The highest BCUT2D eigenvalue weighted by Crippen LogP contribution is 2.48. The molecule has 2 aliphatic rings. The van der Waals surface area contributed by atoms with Gasteiger partial charge in [-0.1, -0.05) is 20.8 Å². The van der Waals surface area contributed by atoms with Crippen LogP contribution in [-0.2, 0) is 0 Å². The number of hydrogen-bond donors (Lipinski definition) is 2. The lowest BCUT2D eigenvalue weighted by molar-refractivity contribution is 0.210. The van der Waals surface area contributed by atoms with Crippen molar-refractivity contribution in [3.05, 3.63) is 0 Å². The van der Waals surface area contributed by atoms with Crippen molar-refractivity contribution >= 4 is 0 Å². The Balaban J connectivity index is 1.57. The predicted molar refractivity (Wildman–Crippen MR) is 87.7 cm³/mol. The first-order valence-corrected chi connectivity index (χ1v) is 8.93. The lowest BCUT2D eigenvalue weighted by atomic mass is 9.76.